The predicted octanol–water partition coefficient (Wildman–Crippen LogP) is 6.25. The smallest absolute Gasteiger partial charge is 0.407 e. The summed E-state index contributed by atoms with van der Waals surface area (Å²) < 4.78 is 37.4. The van der Waals surface area contributed by atoms with Crippen LogP contribution in [0.15, 0.2) is 36.5 Å². The van der Waals surface area contributed by atoms with Gasteiger partial charge in [-0.25, -0.2) is 13.6 Å². The van der Waals surface area contributed by atoms with Crippen molar-refractivity contribution < 1.29 is 23.4 Å². The summed E-state index contributed by atoms with van der Waals surface area (Å²) in [6.07, 6.45) is 6.03. The van der Waals surface area contributed by atoms with Gasteiger partial charge in [0.05, 0.1) is 28.9 Å². The number of nitriles is 1. The number of halogens is 3. The van der Waals surface area contributed by atoms with E-state index < -0.39 is 23.8 Å². The molecule has 1 aliphatic carbocycles. The Kier molecular flexibility index (Phi) is 8.21. The minimum absolute atomic E-state index is 0.00139. The fourth-order valence-electron chi connectivity index (χ4n) is 7.01. The summed E-state index contributed by atoms with van der Waals surface area (Å²) in [5, 5.41) is 20.3. The number of likely N-dealkylation sites (tertiary alicyclic amines) is 1. The Labute approximate surface area is 269 Å². The molecule has 0 radical (unpaired) electrons. The van der Waals surface area contributed by atoms with Crippen molar-refractivity contribution in [3.05, 3.63) is 53.2 Å². The summed E-state index contributed by atoms with van der Waals surface area (Å²) in [5.41, 5.74) is 0.232. The van der Waals surface area contributed by atoms with Gasteiger partial charge in [0.15, 0.2) is 5.82 Å². The van der Waals surface area contributed by atoms with Crippen LogP contribution in [0.2, 0.25) is 5.02 Å². The Hall–Kier alpha value is -4.34. The van der Waals surface area contributed by atoms with Crippen LogP contribution < -0.4 is 9.64 Å². The molecule has 1 saturated carbocycles. The fourth-order valence-corrected chi connectivity index (χ4v) is 7.28. The zero-order valence-corrected chi connectivity index (χ0v) is 25.8. The molecule has 2 atom stereocenters. The maximum absolute atomic E-state index is 16.7. The number of fused-ring (bicyclic) bond motifs is 2. The van der Waals surface area contributed by atoms with Crippen molar-refractivity contribution in [2.24, 2.45) is 0 Å². The number of pyridine rings is 1. The Balaban J connectivity index is 1.31. The Morgan fingerprint density at radius 1 is 1.09 bits per heavy atom. The molecule has 2 saturated heterocycles. The average molecular weight is 648 g/mol. The zero-order chi connectivity index (χ0) is 31.9. The van der Waals surface area contributed by atoms with Crippen LogP contribution in [0.3, 0.4) is 0 Å². The lowest BCUT2D eigenvalue weighted by molar-refractivity contribution is 0.0824. The van der Waals surface area contributed by atoms with E-state index in [0.717, 1.165) is 19.4 Å². The molecule has 0 bridgehead atoms. The van der Waals surface area contributed by atoms with Gasteiger partial charge in [-0.2, -0.15) is 15.2 Å². The van der Waals surface area contributed by atoms with E-state index in [0.29, 0.717) is 40.2 Å². The van der Waals surface area contributed by atoms with E-state index in [1.54, 1.807) is 24.3 Å². The van der Waals surface area contributed by atoms with Crippen LogP contribution in [0.4, 0.5) is 19.4 Å². The summed E-state index contributed by atoms with van der Waals surface area (Å²) in [6, 6.07) is 10.2. The number of amides is 1. The van der Waals surface area contributed by atoms with Crippen LogP contribution in [0.25, 0.3) is 32.9 Å². The number of nitrogens with zero attached hydrogens (tertiary/aromatic N) is 7. The lowest BCUT2D eigenvalue weighted by atomic mass is 9.91. The van der Waals surface area contributed by atoms with Crippen molar-refractivity contribution in [3.8, 4) is 23.3 Å². The minimum Gasteiger partial charge on any atom is -0.465 e. The highest BCUT2D eigenvalue weighted by Gasteiger charge is 2.35. The third-order valence-electron chi connectivity index (χ3n) is 9.56. The number of hydrogen-bond acceptors (Lipinski definition) is 8. The summed E-state index contributed by atoms with van der Waals surface area (Å²) in [4.78, 5) is 31.2. The Morgan fingerprint density at radius 2 is 1.93 bits per heavy atom. The third kappa shape index (κ3) is 5.41. The van der Waals surface area contributed by atoms with Gasteiger partial charge in [0.25, 0.3) is 0 Å². The van der Waals surface area contributed by atoms with Crippen molar-refractivity contribution in [3.63, 3.8) is 0 Å². The number of hydrogen-bond donors (Lipinski definition) is 1. The molecule has 10 nitrogen and oxygen atoms in total. The number of anilines is 1. The SMILES string of the molecule is N#CCC1CN(c2nc(OCC3CCCN3C3CCC3)nc3c(F)c(-c4cccc5ccc(F)c(Cl)c45)ncc23)CCN1C(=O)O. The van der Waals surface area contributed by atoms with Crippen LogP contribution in [0.1, 0.15) is 38.5 Å². The first-order chi connectivity index (χ1) is 22.3. The number of piperazine rings is 1. The zero-order valence-electron chi connectivity index (χ0n) is 25.0. The topological polar surface area (TPSA) is 119 Å². The molecule has 7 rings (SSSR count). The van der Waals surface area contributed by atoms with Gasteiger partial charge in [0.1, 0.15) is 29.5 Å². The van der Waals surface area contributed by atoms with E-state index in [1.807, 2.05) is 4.90 Å². The number of carbonyl (C=O) groups is 1. The molecule has 2 unspecified atom stereocenters. The van der Waals surface area contributed by atoms with E-state index in [1.165, 1.54) is 36.4 Å². The van der Waals surface area contributed by atoms with Crippen LogP contribution in [-0.2, 0) is 0 Å². The average Bonchev–Trinajstić information content (AvgIpc) is 3.48. The maximum atomic E-state index is 16.7. The van der Waals surface area contributed by atoms with Crippen molar-refractivity contribution in [2.75, 3.05) is 37.7 Å². The molecule has 2 aromatic carbocycles. The molecule has 1 amide bonds. The van der Waals surface area contributed by atoms with Gasteiger partial charge >= 0.3 is 12.1 Å². The summed E-state index contributed by atoms with van der Waals surface area (Å²) in [5.74, 6) is -1.03. The van der Waals surface area contributed by atoms with Gasteiger partial charge in [-0.15, -0.1) is 0 Å². The summed E-state index contributed by atoms with van der Waals surface area (Å²) in [7, 11) is 0. The van der Waals surface area contributed by atoms with Crippen LogP contribution >= 0.6 is 11.6 Å². The second kappa shape index (κ2) is 12.5. The van der Waals surface area contributed by atoms with E-state index in [-0.39, 0.29) is 54.3 Å². The molecule has 238 valence electrons. The highest BCUT2D eigenvalue weighted by atomic mass is 35.5. The molecule has 2 aliphatic heterocycles. The van der Waals surface area contributed by atoms with Crippen molar-refractivity contribution in [2.45, 2.75) is 56.7 Å². The first kappa shape index (κ1) is 30.3. The van der Waals surface area contributed by atoms with Gasteiger partial charge in [-0.3, -0.25) is 9.88 Å². The van der Waals surface area contributed by atoms with E-state index in [9.17, 15) is 19.6 Å². The standard InChI is InChI=1S/C33H32ClF2N7O3/c34-27-25(35)10-9-19-4-1-8-23(26(19)27)29-28(36)30-24(16-38-29)31(41-14-15-43(33(44)45)21(17-41)11-12-37)40-32(39-30)46-18-22-7-3-13-42(22)20-5-2-6-20/h1,4,8-10,16,20-22H,2-3,5-7,11,13-15,17-18H2,(H,44,45). The molecule has 2 aromatic heterocycles. The lowest BCUT2D eigenvalue weighted by Crippen LogP contribution is -2.55. The van der Waals surface area contributed by atoms with E-state index in [2.05, 4.69) is 20.9 Å². The lowest BCUT2D eigenvalue weighted by Gasteiger charge is -2.40. The van der Waals surface area contributed by atoms with Gasteiger partial charge in [-0.05, 0) is 43.7 Å². The number of ether oxygens (including phenoxy) is 1. The molecule has 46 heavy (non-hydrogen) atoms. The number of aromatic nitrogens is 3. The molecular weight excluding hydrogens is 616 g/mol. The van der Waals surface area contributed by atoms with Gasteiger partial charge in [0, 0.05) is 48.9 Å². The molecular formula is C33H32ClF2N7O3. The third-order valence-corrected chi connectivity index (χ3v) is 9.93. The van der Waals surface area contributed by atoms with Crippen LogP contribution in [0, 0.1) is 23.0 Å². The molecule has 3 fully saturated rings. The Morgan fingerprint density at radius 3 is 2.70 bits per heavy atom. The molecule has 13 heteroatoms. The highest BCUT2D eigenvalue weighted by Crippen LogP contribution is 2.39. The maximum Gasteiger partial charge on any atom is 0.407 e. The minimum atomic E-state index is -1.11. The van der Waals surface area contributed by atoms with Crippen molar-refractivity contribution in [1.82, 2.24) is 24.8 Å². The monoisotopic (exact) mass is 647 g/mol. The van der Waals surface area contributed by atoms with Gasteiger partial charge in [0.2, 0.25) is 0 Å². The van der Waals surface area contributed by atoms with Crippen LogP contribution in [0.5, 0.6) is 6.01 Å². The Bertz CT molecular complexity index is 1870. The number of benzene rings is 2. The van der Waals surface area contributed by atoms with Gasteiger partial charge < -0.3 is 19.6 Å². The van der Waals surface area contributed by atoms with E-state index in [4.69, 9.17) is 21.3 Å². The molecule has 4 heterocycles. The van der Waals surface area contributed by atoms with Crippen molar-refractivity contribution >= 4 is 45.2 Å². The van der Waals surface area contributed by atoms with Crippen LogP contribution in [-0.4, -0.2) is 86.9 Å². The largest absolute Gasteiger partial charge is 0.465 e. The predicted molar refractivity (Wildman–Crippen MR) is 169 cm³/mol. The summed E-state index contributed by atoms with van der Waals surface area (Å²) >= 11 is 6.38. The van der Waals surface area contributed by atoms with Gasteiger partial charge in [-0.1, -0.05) is 42.3 Å². The highest BCUT2D eigenvalue weighted by molar-refractivity contribution is 6.36. The first-order valence-electron chi connectivity index (χ1n) is 15.6. The number of rotatable bonds is 7. The quantitative estimate of drug-likeness (QED) is 0.248. The molecule has 1 N–H and O–H groups in total. The normalized spacial score (nSPS) is 20.7. The van der Waals surface area contributed by atoms with E-state index >= 15 is 4.39 Å². The molecule has 4 aromatic rings. The number of carboxylic acid groups (broad SMARTS) is 1. The fraction of sp³-hybridized carbons (Fsp3) is 0.424. The molecule has 0 spiro atoms. The first-order valence-corrected chi connectivity index (χ1v) is 15.9. The summed E-state index contributed by atoms with van der Waals surface area (Å²) in [6.45, 7) is 1.94. The molecule has 3 aliphatic rings. The second-order valence-electron chi connectivity index (χ2n) is 12.1. The van der Waals surface area contributed by atoms with Crippen molar-refractivity contribution in [1.29, 1.82) is 5.26 Å². The second-order valence-corrected chi connectivity index (χ2v) is 12.5.